The molecule has 0 aliphatic rings. The molecule has 8 heteroatoms. The van der Waals surface area contributed by atoms with Gasteiger partial charge in [0, 0.05) is 11.6 Å². The monoisotopic (exact) mass is 435 g/mol. The van der Waals surface area contributed by atoms with Crippen molar-refractivity contribution in [3.05, 3.63) is 72.3 Å². The number of primary sulfonamides is 1. The molecule has 4 N–H and O–H groups in total. The third kappa shape index (κ3) is 7.37. The number of benzene rings is 3. The molecule has 0 fully saturated rings. The first-order chi connectivity index (χ1) is 13.4. The van der Waals surface area contributed by atoms with Crippen LogP contribution in [0.3, 0.4) is 0 Å². The average molecular weight is 436 g/mol. The van der Waals surface area contributed by atoms with E-state index in [1.807, 2.05) is 12.1 Å². The molecule has 150 valence electrons. The van der Waals surface area contributed by atoms with Crippen molar-refractivity contribution in [3.63, 3.8) is 0 Å². The molecule has 3 rings (SSSR count). The van der Waals surface area contributed by atoms with Gasteiger partial charge in [-0.2, -0.15) is 25.3 Å². The van der Waals surface area contributed by atoms with Crippen molar-refractivity contribution < 1.29 is 8.42 Å². The number of rotatable bonds is 7. The van der Waals surface area contributed by atoms with Crippen LogP contribution in [0.25, 0.3) is 10.8 Å². The van der Waals surface area contributed by atoms with E-state index in [0.29, 0.717) is 11.8 Å². The summed E-state index contributed by atoms with van der Waals surface area (Å²) >= 11 is 8.13. The van der Waals surface area contributed by atoms with Gasteiger partial charge in [0.1, 0.15) is 0 Å². The van der Waals surface area contributed by atoms with Gasteiger partial charge >= 0.3 is 0 Å². The van der Waals surface area contributed by atoms with Gasteiger partial charge in [0.15, 0.2) is 0 Å². The Kier molecular flexibility index (Phi) is 9.14. The van der Waals surface area contributed by atoms with E-state index in [4.69, 9.17) is 5.14 Å². The summed E-state index contributed by atoms with van der Waals surface area (Å²) < 4.78 is 21.9. The van der Waals surface area contributed by atoms with Gasteiger partial charge in [0.05, 0.1) is 10.8 Å². The number of nitrogens with two attached hydrogens (primary N) is 1. The van der Waals surface area contributed by atoms with Crippen molar-refractivity contribution in [3.8, 4) is 0 Å². The maximum atomic E-state index is 11.0. The second-order valence-electron chi connectivity index (χ2n) is 5.99. The Bertz CT molecular complexity index is 977. The topological polar surface area (TPSA) is 84.2 Å². The van der Waals surface area contributed by atoms with Gasteiger partial charge in [-0.05, 0) is 53.6 Å². The number of sulfonamides is 1. The Balaban J connectivity index is 0.000000202. The van der Waals surface area contributed by atoms with E-state index in [9.17, 15) is 8.42 Å². The van der Waals surface area contributed by atoms with Gasteiger partial charge in [-0.1, -0.05) is 42.5 Å². The van der Waals surface area contributed by atoms with Crippen molar-refractivity contribution in [2.75, 3.05) is 23.6 Å². The largest absolute Gasteiger partial charge is 0.376 e. The smallest absolute Gasteiger partial charge is 0.238 e. The SMILES string of the molecule is NS(=O)(=O)c1ccc(CCNCS)cc1.SCNc1ccc2ccccc2c1. The second kappa shape index (κ2) is 11.3. The first-order valence-corrected chi connectivity index (χ1v) is 11.5. The van der Waals surface area contributed by atoms with Crippen LogP contribution in [0.5, 0.6) is 0 Å². The highest BCUT2D eigenvalue weighted by Crippen LogP contribution is 2.18. The van der Waals surface area contributed by atoms with Crippen LogP contribution in [0.4, 0.5) is 5.69 Å². The zero-order chi connectivity index (χ0) is 20.4. The highest BCUT2D eigenvalue weighted by atomic mass is 32.2. The molecule has 0 radical (unpaired) electrons. The second-order valence-corrected chi connectivity index (χ2v) is 8.19. The normalized spacial score (nSPS) is 11.0. The summed E-state index contributed by atoms with van der Waals surface area (Å²) in [6.45, 7) is 0.818. The number of anilines is 1. The van der Waals surface area contributed by atoms with E-state index in [0.717, 1.165) is 24.2 Å². The molecule has 3 aromatic rings. The van der Waals surface area contributed by atoms with Gasteiger partial charge < -0.3 is 10.6 Å². The minimum atomic E-state index is -3.57. The van der Waals surface area contributed by atoms with Crippen LogP contribution in [-0.2, 0) is 16.4 Å². The number of nitrogens with one attached hydrogen (secondary N) is 2. The molecule has 0 aliphatic carbocycles. The molecular weight excluding hydrogens is 410 g/mol. The van der Waals surface area contributed by atoms with E-state index in [1.54, 1.807) is 12.1 Å². The molecule has 0 aliphatic heterocycles. The summed E-state index contributed by atoms with van der Waals surface area (Å²) in [5, 5.41) is 13.7. The maximum Gasteiger partial charge on any atom is 0.238 e. The molecule has 0 saturated carbocycles. The zero-order valence-corrected chi connectivity index (χ0v) is 18.0. The van der Waals surface area contributed by atoms with Crippen molar-refractivity contribution in [2.45, 2.75) is 11.3 Å². The van der Waals surface area contributed by atoms with Crippen molar-refractivity contribution in [1.82, 2.24) is 5.32 Å². The van der Waals surface area contributed by atoms with Crippen LogP contribution in [0.15, 0.2) is 71.6 Å². The Labute approximate surface area is 177 Å². The Morgan fingerprint density at radius 1 is 0.857 bits per heavy atom. The van der Waals surface area contributed by atoms with Crippen LogP contribution in [0, 0.1) is 0 Å². The minimum absolute atomic E-state index is 0.147. The summed E-state index contributed by atoms with van der Waals surface area (Å²) in [5.41, 5.74) is 2.19. The summed E-state index contributed by atoms with van der Waals surface area (Å²) in [6.07, 6.45) is 0.839. The molecule has 0 amide bonds. The summed E-state index contributed by atoms with van der Waals surface area (Å²) in [4.78, 5) is 0.147. The van der Waals surface area contributed by atoms with Crippen LogP contribution in [0.1, 0.15) is 5.56 Å². The third-order valence-corrected chi connectivity index (χ3v) is 5.30. The van der Waals surface area contributed by atoms with E-state index in [-0.39, 0.29) is 4.90 Å². The summed E-state index contributed by atoms with van der Waals surface area (Å²) in [6, 6.07) is 21.2. The predicted molar refractivity (Wildman–Crippen MR) is 125 cm³/mol. The quantitative estimate of drug-likeness (QED) is 0.223. The molecule has 0 heterocycles. The summed E-state index contributed by atoms with van der Waals surface area (Å²) in [5.74, 6) is 1.30. The molecule has 0 aromatic heterocycles. The van der Waals surface area contributed by atoms with Crippen LogP contribution in [0.2, 0.25) is 0 Å². The Morgan fingerprint density at radius 2 is 1.54 bits per heavy atom. The molecule has 0 atom stereocenters. The fourth-order valence-corrected chi connectivity index (χ4v) is 3.40. The summed E-state index contributed by atoms with van der Waals surface area (Å²) in [7, 11) is -3.57. The number of thiol groups is 2. The van der Waals surface area contributed by atoms with Crippen LogP contribution in [-0.4, -0.2) is 26.7 Å². The predicted octanol–water partition coefficient (Wildman–Crippen LogP) is 3.49. The fraction of sp³-hybridized carbons (Fsp3) is 0.200. The lowest BCUT2D eigenvalue weighted by Gasteiger charge is -2.03. The first kappa shape index (κ1) is 22.6. The highest BCUT2D eigenvalue weighted by Gasteiger charge is 2.06. The van der Waals surface area contributed by atoms with Gasteiger partial charge in [-0.25, -0.2) is 13.6 Å². The molecule has 0 unspecified atom stereocenters. The Morgan fingerprint density at radius 3 is 2.14 bits per heavy atom. The van der Waals surface area contributed by atoms with Gasteiger partial charge in [-0.3, -0.25) is 0 Å². The van der Waals surface area contributed by atoms with E-state index < -0.39 is 10.0 Å². The van der Waals surface area contributed by atoms with Crippen LogP contribution < -0.4 is 15.8 Å². The molecule has 3 aromatic carbocycles. The highest BCUT2D eigenvalue weighted by molar-refractivity contribution is 7.89. The number of fused-ring (bicyclic) bond motifs is 1. The van der Waals surface area contributed by atoms with E-state index in [1.165, 1.54) is 22.9 Å². The van der Waals surface area contributed by atoms with Gasteiger partial charge in [0.25, 0.3) is 0 Å². The maximum absolute atomic E-state index is 11.0. The lowest BCUT2D eigenvalue weighted by Crippen LogP contribution is -2.15. The third-order valence-electron chi connectivity index (χ3n) is 3.99. The molecule has 0 bridgehead atoms. The molecule has 5 nitrogen and oxygen atoms in total. The first-order valence-electron chi connectivity index (χ1n) is 8.71. The van der Waals surface area contributed by atoms with Crippen LogP contribution >= 0.6 is 25.3 Å². The van der Waals surface area contributed by atoms with Gasteiger partial charge in [0.2, 0.25) is 10.0 Å². The fourth-order valence-electron chi connectivity index (χ4n) is 2.55. The Hall–Kier alpha value is -1.71. The van der Waals surface area contributed by atoms with Crippen molar-refractivity contribution >= 4 is 51.7 Å². The zero-order valence-electron chi connectivity index (χ0n) is 15.4. The van der Waals surface area contributed by atoms with Crippen molar-refractivity contribution in [1.29, 1.82) is 0 Å². The molecule has 0 spiro atoms. The lowest BCUT2D eigenvalue weighted by molar-refractivity contribution is 0.597. The molecule has 28 heavy (non-hydrogen) atoms. The molecule has 0 saturated heterocycles. The average Bonchev–Trinajstić information content (AvgIpc) is 2.69. The standard InChI is InChI=1S/C11H11NS.C9H14N2O2S2/c13-8-12-11-6-5-9-3-1-2-4-10(9)7-11;10-15(12,13)9-3-1-8(2-4-9)5-6-11-7-14/h1-7,12-13H,8H2;1-4,11,14H,5-7H2,(H2,10,12,13). The number of hydrogen-bond acceptors (Lipinski definition) is 6. The lowest BCUT2D eigenvalue weighted by atomic mass is 10.1. The number of hydrogen-bond donors (Lipinski definition) is 5. The molecular formula is C20H25N3O2S3. The van der Waals surface area contributed by atoms with Crippen molar-refractivity contribution in [2.24, 2.45) is 5.14 Å². The minimum Gasteiger partial charge on any atom is -0.376 e. The van der Waals surface area contributed by atoms with Gasteiger partial charge in [-0.15, -0.1) is 0 Å². The van der Waals surface area contributed by atoms with E-state index >= 15 is 0 Å². The van der Waals surface area contributed by atoms with E-state index in [2.05, 4.69) is 66.2 Å².